The van der Waals surface area contributed by atoms with E-state index in [2.05, 4.69) is 42.7 Å². The minimum Gasteiger partial charge on any atom is -0.462 e. The zero-order chi connectivity index (χ0) is 44.8. The van der Waals surface area contributed by atoms with Crippen LogP contribution in [-0.4, -0.2) is 65.7 Å². The van der Waals surface area contributed by atoms with Crippen LogP contribution in [0.15, 0.2) is 48.6 Å². The van der Waals surface area contributed by atoms with Crippen LogP contribution < -0.4 is 0 Å². The Kier molecular flexibility index (Phi) is 44.4. The number of hydrogen-bond donors (Lipinski definition) is 3. The minimum absolute atomic E-state index is 0.162. The highest BCUT2D eigenvalue weighted by atomic mass is 31.2. The molecule has 0 rings (SSSR count). The fourth-order valence-electron chi connectivity index (χ4n) is 6.75. The minimum atomic E-state index is -4.65. The summed E-state index contributed by atoms with van der Waals surface area (Å²) in [6.45, 7) is 2.24. The van der Waals surface area contributed by atoms with Gasteiger partial charge in [0.15, 0.2) is 6.10 Å². The Balaban J connectivity index is 4.30. The molecule has 61 heavy (non-hydrogen) atoms. The van der Waals surface area contributed by atoms with Crippen molar-refractivity contribution in [2.45, 2.75) is 232 Å². The Morgan fingerprint density at radius 1 is 0.525 bits per heavy atom. The summed E-state index contributed by atoms with van der Waals surface area (Å²) < 4.78 is 32.5. The third-order valence-corrected chi connectivity index (χ3v) is 11.5. The van der Waals surface area contributed by atoms with Crippen LogP contribution in [0.2, 0.25) is 0 Å². The quantitative estimate of drug-likeness (QED) is 0.0135. The van der Waals surface area contributed by atoms with Gasteiger partial charge in [-0.05, 0) is 51.4 Å². The Morgan fingerprint density at radius 2 is 0.934 bits per heavy atom. The van der Waals surface area contributed by atoms with E-state index in [-0.39, 0.29) is 13.0 Å². The standard InChI is InChI=1S/C50H91O10P/c1-3-5-7-9-11-13-15-17-19-20-21-22-23-24-25-26-28-29-31-33-35-37-39-41-49(53)57-45-48(46-59-61(55,56)58-44-47(52)43-51)60-50(54)42-40-38-36-34-32-30-27-18-16-14-12-10-8-6-4-2/h26,28,33,35-36,38,40,42,47-48,51-52H,3-25,27,29-32,34,37,39,41,43-46H2,1-2H3,(H,55,56)/b28-26+,35-33+,38-36+,42-40+/t47-,48+/m1/s1. The average molecular weight is 883 g/mol. The second-order valence-corrected chi connectivity index (χ2v) is 18.0. The lowest BCUT2D eigenvalue weighted by Gasteiger charge is -2.19. The molecular formula is C50H91O10P. The monoisotopic (exact) mass is 883 g/mol. The highest BCUT2D eigenvalue weighted by molar-refractivity contribution is 7.47. The molecule has 0 aliphatic carbocycles. The number of rotatable bonds is 46. The van der Waals surface area contributed by atoms with Crippen molar-refractivity contribution in [3.8, 4) is 0 Å². The average Bonchev–Trinajstić information content (AvgIpc) is 3.25. The van der Waals surface area contributed by atoms with Gasteiger partial charge in [0.05, 0.1) is 19.8 Å². The van der Waals surface area contributed by atoms with Crippen molar-refractivity contribution in [3.63, 3.8) is 0 Å². The van der Waals surface area contributed by atoms with Crippen molar-refractivity contribution in [2.75, 3.05) is 26.4 Å². The zero-order valence-corrected chi connectivity index (χ0v) is 39.8. The number of aliphatic hydroxyl groups is 2. The molecule has 3 atom stereocenters. The van der Waals surface area contributed by atoms with Crippen LogP contribution in [0, 0.1) is 0 Å². The zero-order valence-electron chi connectivity index (χ0n) is 38.9. The highest BCUT2D eigenvalue weighted by Crippen LogP contribution is 2.43. The summed E-state index contributed by atoms with van der Waals surface area (Å²) in [5.41, 5.74) is 0. The molecule has 0 aromatic heterocycles. The summed E-state index contributed by atoms with van der Waals surface area (Å²) in [4.78, 5) is 34.9. The van der Waals surface area contributed by atoms with Gasteiger partial charge in [-0.1, -0.05) is 204 Å². The van der Waals surface area contributed by atoms with Gasteiger partial charge in [0.25, 0.3) is 0 Å². The van der Waals surface area contributed by atoms with Gasteiger partial charge in [0, 0.05) is 12.5 Å². The number of carbonyl (C=O) groups excluding carboxylic acids is 2. The largest absolute Gasteiger partial charge is 0.472 e. The van der Waals surface area contributed by atoms with Crippen LogP contribution in [0.25, 0.3) is 0 Å². The van der Waals surface area contributed by atoms with Crippen LogP contribution >= 0.6 is 7.82 Å². The molecule has 1 unspecified atom stereocenters. The van der Waals surface area contributed by atoms with E-state index in [0.717, 1.165) is 38.5 Å². The molecular weight excluding hydrogens is 792 g/mol. The molecule has 0 radical (unpaired) electrons. The van der Waals surface area contributed by atoms with E-state index < -0.39 is 51.8 Å². The number of esters is 2. The van der Waals surface area contributed by atoms with Gasteiger partial charge in [-0.3, -0.25) is 13.8 Å². The number of unbranched alkanes of at least 4 members (excludes halogenated alkanes) is 27. The number of carbonyl (C=O) groups is 2. The molecule has 0 spiro atoms. The first kappa shape index (κ1) is 58.9. The van der Waals surface area contributed by atoms with E-state index in [9.17, 15) is 24.2 Å². The first-order valence-corrected chi connectivity index (χ1v) is 26.1. The normalized spacial score (nSPS) is 14.1. The molecule has 0 aliphatic heterocycles. The van der Waals surface area contributed by atoms with Gasteiger partial charge in [0.2, 0.25) is 0 Å². The number of aliphatic hydroxyl groups excluding tert-OH is 2. The van der Waals surface area contributed by atoms with E-state index in [0.29, 0.717) is 6.42 Å². The van der Waals surface area contributed by atoms with Crippen molar-refractivity contribution in [1.82, 2.24) is 0 Å². The summed E-state index contributed by atoms with van der Waals surface area (Å²) >= 11 is 0. The Labute approximate surface area is 373 Å². The molecule has 3 N–H and O–H groups in total. The van der Waals surface area contributed by atoms with Crippen molar-refractivity contribution >= 4 is 19.8 Å². The molecule has 356 valence electrons. The second-order valence-electron chi connectivity index (χ2n) is 16.5. The maximum absolute atomic E-state index is 12.5. The fourth-order valence-corrected chi connectivity index (χ4v) is 7.54. The van der Waals surface area contributed by atoms with Gasteiger partial charge in [-0.15, -0.1) is 0 Å². The first-order valence-electron chi connectivity index (χ1n) is 24.6. The molecule has 11 heteroatoms. The predicted molar refractivity (Wildman–Crippen MR) is 251 cm³/mol. The van der Waals surface area contributed by atoms with Crippen LogP contribution in [-0.2, 0) is 32.7 Å². The molecule has 0 saturated heterocycles. The second kappa shape index (κ2) is 45.9. The number of phosphoric acid groups is 1. The van der Waals surface area contributed by atoms with Crippen LogP contribution in [0.1, 0.15) is 219 Å². The van der Waals surface area contributed by atoms with Gasteiger partial charge in [-0.2, -0.15) is 0 Å². The lowest BCUT2D eigenvalue weighted by molar-refractivity contribution is -0.157. The van der Waals surface area contributed by atoms with E-state index in [1.54, 1.807) is 12.2 Å². The van der Waals surface area contributed by atoms with Crippen molar-refractivity contribution in [2.24, 2.45) is 0 Å². The SMILES string of the molecule is CCCCCCCCCCCCC/C=C/C=C/C(=O)O[C@@H](COC(=O)CCC/C=C/CC/C=C/CCCCCCCCCCCCCCCC)COP(=O)(O)OC[C@H](O)CO. The van der Waals surface area contributed by atoms with Gasteiger partial charge in [-0.25, -0.2) is 9.36 Å². The topological polar surface area (TPSA) is 149 Å². The summed E-state index contributed by atoms with van der Waals surface area (Å²) in [7, 11) is -4.65. The Bertz CT molecular complexity index is 1150. The smallest absolute Gasteiger partial charge is 0.462 e. The number of ether oxygens (including phenoxy) is 2. The molecule has 0 saturated carbocycles. The first-order chi connectivity index (χ1) is 29.7. The number of phosphoric ester groups is 1. The molecule has 0 aromatic carbocycles. The lowest BCUT2D eigenvalue weighted by atomic mass is 10.0. The van der Waals surface area contributed by atoms with Gasteiger partial charge >= 0.3 is 19.8 Å². The summed E-state index contributed by atoms with van der Waals surface area (Å²) in [6, 6.07) is 0. The molecule has 10 nitrogen and oxygen atoms in total. The van der Waals surface area contributed by atoms with E-state index >= 15 is 0 Å². The summed E-state index contributed by atoms with van der Waals surface area (Å²) in [5.74, 6) is -1.22. The molecule has 0 aliphatic rings. The van der Waals surface area contributed by atoms with E-state index in [1.807, 2.05) is 6.08 Å². The van der Waals surface area contributed by atoms with Gasteiger partial charge in [0.1, 0.15) is 12.7 Å². The van der Waals surface area contributed by atoms with Gasteiger partial charge < -0.3 is 24.6 Å². The molecule has 0 heterocycles. The Morgan fingerprint density at radius 3 is 1.41 bits per heavy atom. The third kappa shape index (κ3) is 45.8. The summed E-state index contributed by atoms with van der Waals surface area (Å²) in [5, 5.41) is 18.3. The Hall–Kier alpha value is -2.07. The maximum atomic E-state index is 12.5. The third-order valence-electron chi connectivity index (χ3n) is 10.5. The van der Waals surface area contributed by atoms with Crippen molar-refractivity contribution in [3.05, 3.63) is 48.6 Å². The van der Waals surface area contributed by atoms with Crippen LogP contribution in [0.5, 0.6) is 0 Å². The van der Waals surface area contributed by atoms with Crippen LogP contribution in [0.3, 0.4) is 0 Å². The molecule has 0 fully saturated rings. The van der Waals surface area contributed by atoms with E-state index in [1.165, 1.54) is 160 Å². The summed E-state index contributed by atoms with van der Waals surface area (Å²) in [6.07, 6.45) is 51.6. The lowest BCUT2D eigenvalue weighted by Crippen LogP contribution is -2.29. The highest BCUT2D eigenvalue weighted by Gasteiger charge is 2.26. The van der Waals surface area contributed by atoms with Crippen LogP contribution in [0.4, 0.5) is 0 Å². The number of allylic oxidation sites excluding steroid dienone is 7. The van der Waals surface area contributed by atoms with E-state index in [4.69, 9.17) is 19.1 Å². The molecule has 0 bridgehead atoms. The fraction of sp³-hybridized carbons (Fsp3) is 0.800. The predicted octanol–water partition coefficient (Wildman–Crippen LogP) is 13.7. The maximum Gasteiger partial charge on any atom is 0.472 e. The van der Waals surface area contributed by atoms with Crippen molar-refractivity contribution < 1.29 is 47.8 Å². The molecule has 0 amide bonds. The molecule has 0 aromatic rings. The van der Waals surface area contributed by atoms with Crippen molar-refractivity contribution in [1.29, 1.82) is 0 Å². The number of hydrogen-bond acceptors (Lipinski definition) is 9.